The summed E-state index contributed by atoms with van der Waals surface area (Å²) in [6.07, 6.45) is 5.55. The number of ether oxygens (including phenoxy) is 2. The quantitative estimate of drug-likeness (QED) is 0.181. The van der Waals surface area contributed by atoms with Gasteiger partial charge in [-0.2, -0.15) is 0 Å². The number of esters is 2. The van der Waals surface area contributed by atoms with Crippen LogP contribution in [0.25, 0.3) is 6.08 Å². The van der Waals surface area contributed by atoms with E-state index in [1.807, 2.05) is 18.2 Å². The number of amides is 4. The largest absolute Gasteiger partial charge is 0.462 e. The minimum Gasteiger partial charge on any atom is -0.462 e. The Kier molecular flexibility index (Phi) is 13.1. The highest BCUT2D eigenvalue weighted by atomic mass is 16.6. The fraction of sp³-hybridized carbons (Fsp3) is 0.487. The molecular formula is C39H50N4O8. The summed E-state index contributed by atoms with van der Waals surface area (Å²) < 4.78 is 10.7. The second-order valence-corrected chi connectivity index (χ2v) is 14.3. The highest BCUT2D eigenvalue weighted by molar-refractivity contribution is 5.99. The lowest BCUT2D eigenvalue weighted by atomic mass is 9.94. The van der Waals surface area contributed by atoms with Crippen molar-refractivity contribution >= 4 is 41.6 Å². The minimum atomic E-state index is -1.37. The Morgan fingerprint density at radius 3 is 2.31 bits per heavy atom. The molecule has 2 aliphatic rings. The average Bonchev–Trinajstić information content (AvgIpc) is 3.59. The van der Waals surface area contributed by atoms with Crippen molar-refractivity contribution in [2.24, 2.45) is 0 Å². The van der Waals surface area contributed by atoms with Crippen molar-refractivity contribution < 1.29 is 38.2 Å². The molecule has 2 saturated heterocycles. The zero-order valence-electron chi connectivity index (χ0n) is 30.2. The van der Waals surface area contributed by atoms with E-state index in [1.165, 1.54) is 11.0 Å². The van der Waals surface area contributed by atoms with Crippen LogP contribution in [0.15, 0.2) is 60.7 Å². The molecule has 12 nitrogen and oxygen atoms in total. The Labute approximate surface area is 299 Å². The maximum atomic E-state index is 14.1. The van der Waals surface area contributed by atoms with Gasteiger partial charge in [0.2, 0.25) is 23.6 Å². The molecule has 51 heavy (non-hydrogen) atoms. The summed E-state index contributed by atoms with van der Waals surface area (Å²) in [5.41, 5.74) is -0.0260. The van der Waals surface area contributed by atoms with Gasteiger partial charge in [-0.1, -0.05) is 49.4 Å². The van der Waals surface area contributed by atoms with Gasteiger partial charge in [0.1, 0.15) is 29.3 Å². The fourth-order valence-electron chi connectivity index (χ4n) is 6.00. The average molecular weight is 703 g/mol. The van der Waals surface area contributed by atoms with Crippen molar-refractivity contribution in [1.82, 2.24) is 20.9 Å². The SMILES string of the molecule is CC[C@]1(C)NC(=O)[C@H](CCCCOC(=O)c2ccccc2)NC(=O)[C@H]2CCCN2C(=O)[C@H](Cc2ccc(C=CC(=O)OC(C)(C)C)cc2)NC1=O. The van der Waals surface area contributed by atoms with Gasteiger partial charge in [0.15, 0.2) is 0 Å². The molecule has 4 rings (SSSR count). The molecule has 0 aromatic heterocycles. The maximum Gasteiger partial charge on any atom is 0.338 e. The molecule has 2 fully saturated rings. The first kappa shape index (κ1) is 38.8. The van der Waals surface area contributed by atoms with E-state index in [2.05, 4.69) is 16.0 Å². The number of carbonyl (C=O) groups is 6. The number of unbranched alkanes of at least 4 members (excludes halogenated alkanes) is 1. The van der Waals surface area contributed by atoms with E-state index in [-0.39, 0.29) is 31.8 Å². The van der Waals surface area contributed by atoms with Crippen LogP contribution in [-0.4, -0.2) is 82.9 Å². The van der Waals surface area contributed by atoms with E-state index in [0.29, 0.717) is 37.8 Å². The molecule has 0 saturated carbocycles. The van der Waals surface area contributed by atoms with Crippen LogP contribution in [0.5, 0.6) is 0 Å². The van der Waals surface area contributed by atoms with Gasteiger partial charge >= 0.3 is 11.9 Å². The lowest BCUT2D eigenvalue weighted by molar-refractivity contribution is -0.148. The van der Waals surface area contributed by atoms with Crippen LogP contribution < -0.4 is 16.0 Å². The Bertz CT molecular complexity index is 1600. The second-order valence-electron chi connectivity index (χ2n) is 14.3. The van der Waals surface area contributed by atoms with E-state index in [9.17, 15) is 28.8 Å². The van der Waals surface area contributed by atoms with Crippen LogP contribution in [0.2, 0.25) is 0 Å². The summed E-state index contributed by atoms with van der Waals surface area (Å²) in [5, 5.41) is 8.60. The molecule has 3 N–H and O–H groups in total. The number of nitrogens with zero attached hydrogens (tertiary/aromatic N) is 1. The first-order chi connectivity index (χ1) is 24.2. The highest BCUT2D eigenvalue weighted by Gasteiger charge is 2.43. The predicted molar refractivity (Wildman–Crippen MR) is 191 cm³/mol. The smallest absolute Gasteiger partial charge is 0.338 e. The molecule has 2 heterocycles. The molecule has 4 amide bonds. The number of fused-ring (bicyclic) bond motifs is 1. The van der Waals surface area contributed by atoms with Gasteiger partial charge in [0.05, 0.1) is 12.2 Å². The number of hydrogen-bond acceptors (Lipinski definition) is 8. The van der Waals surface area contributed by atoms with E-state index in [1.54, 1.807) is 77.1 Å². The monoisotopic (exact) mass is 702 g/mol. The fourth-order valence-corrected chi connectivity index (χ4v) is 6.00. The van der Waals surface area contributed by atoms with Crippen LogP contribution in [0, 0.1) is 0 Å². The van der Waals surface area contributed by atoms with E-state index >= 15 is 0 Å². The third kappa shape index (κ3) is 11.0. The Balaban J connectivity index is 1.46. The predicted octanol–water partition coefficient (Wildman–Crippen LogP) is 3.87. The van der Waals surface area contributed by atoms with Gasteiger partial charge in [-0.3, -0.25) is 19.2 Å². The summed E-state index contributed by atoms with van der Waals surface area (Å²) in [7, 11) is 0. The molecule has 4 atom stereocenters. The first-order valence-electron chi connectivity index (χ1n) is 17.6. The van der Waals surface area contributed by atoms with Crippen LogP contribution in [-0.2, 0) is 39.9 Å². The molecule has 2 aromatic carbocycles. The van der Waals surface area contributed by atoms with Crippen LogP contribution >= 0.6 is 0 Å². The molecule has 12 heteroatoms. The summed E-state index contributed by atoms with van der Waals surface area (Å²) in [4.78, 5) is 81.1. The third-order valence-electron chi connectivity index (χ3n) is 9.05. The lowest BCUT2D eigenvalue weighted by Gasteiger charge is -2.36. The molecular weight excluding hydrogens is 652 g/mol. The van der Waals surface area contributed by atoms with Crippen molar-refractivity contribution in [3.8, 4) is 0 Å². The standard InChI is InChI=1S/C39H50N4O8/c1-6-39(5)37(49)41-30(25-27-19-17-26(18-20-27)21-22-32(44)51-38(2,3)4)35(47)43-23-12-16-31(43)34(46)40-29(33(45)42-39)15-10-11-24-50-36(48)28-13-8-7-9-14-28/h7-9,13-14,17-22,29-31H,6,10-12,15-16,23-25H2,1-5H3,(H,40,46)(H,41,49)(H,42,45)/t29-,30-,31+,39-/m0/s1. The van der Waals surface area contributed by atoms with Crippen molar-refractivity contribution in [2.45, 2.75) is 109 Å². The molecule has 2 aromatic rings. The van der Waals surface area contributed by atoms with Gasteiger partial charge in [-0.15, -0.1) is 0 Å². The van der Waals surface area contributed by atoms with Crippen LogP contribution in [0.1, 0.15) is 94.6 Å². The molecule has 0 bridgehead atoms. The minimum absolute atomic E-state index is 0.142. The molecule has 0 spiro atoms. The Morgan fingerprint density at radius 1 is 0.941 bits per heavy atom. The topological polar surface area (TPSA) is 160 Å². The van der Waals surface area contributed by atoms with Gasteiger partial charge < -0.3 is 30.3 Å². The summed E-state index contributed by atoms with van der Waals surface area (Å²) in [6, 6.07) is 13.1. The normalized spacial score (nSPS) is 23.0. The Morgan fingerprint density at radius 2 is 1.65 bits per heavy atom. The highest BCUT2D eigenvalue weighted by Crippen LogP contribution is 2.22. The van der Waals surface area contributed by atoms with Crippen molar-refractivity contribution in [3.05, 3.63) is 77.4 Å². The molecule has 274 valence electrons. The maximum absolute atomic E-state index is 14.1. The van der Waals surface area contributed by atoms with E-state index in [4.69, 9.17) is 9.47 Å². The summed E-state index contributed by atoms with van der Waals surface area (Å²) in [5.74, 6) is -2.73. The number of hydrogen-bond donors (Lipinski definition) is 3. The summed E-state index contributed by atoms with van der Waals surface area (Å²) >= 11 is 0. The van der Waals surface area contributed by atoms with Gasteiger partial charge in [-0.25, -0.2) is 9.59 Å². The zero-order chi connectivity index (χ0) is 37.2. The van der Waals surface area contributed by atoms with Gasteiger partial charge in [0.25, 0.3) is 0 Å². The van der Waals surface area contributed by atoms with E-state index < -0.39 is 58.9 Å². The molecule has 0 unspecified atom stereocenters. The summed E-state index contributed by atoms with van der Waals surface area (Å²) in [6.45, 7) is 9.21. The molecule has 2 aliphatic heterocycles. The molecule has 0 aliphatic carbocycles. The third-order valence-corrected chi connectivity index (χ3v) is 9.05. The number of carbonyl (C=O) groups excluding carboxylic acids is 6. The van der Waals surface area contributed by atoms with Crippen molar-refractivity contribution in [1.29, 1.82) is 0 Å². The van der Waals surface area contributed by atoms with E-state index in [0.717, 1.165) is 11.1 Å². The number of rotatable bonds is 11. The Hall–Kier alpha value is -5.00. The first-order valence-corrected chi connectivity index (χ1v) is 17.6. The van der Waals surface area contributed by atoms with Crippen LogP contribution in [0.4, 0.5) is 0 Å². The molecule has 0 radical (unpaired) electrons. The van der Waals surface area contributed by atoms with Crippen molar-refractivity contribution in [3.63, 3.8) is 0 Å². The van der Waals surface area contributed by atoms with Gasteiger partial charge in [-0.05, 0) is 95.6 Å². The van der Waals surface area contributed by atoms with Gasteiger partial charge in [0, 0.05) is 19.0 Å². The second kappa shape index (κ2) is 17.3. The number of benzene rings is 2. The number of nitrogens with one attached hydrogen (secondary N) is 3. The lowest BCUT2D eigenvalue weighted by Crippen LogP contribution is -2.65. The zero-order valence-corrected chi connectivity index (χ0v) is 30.2. The van der Waals surface area contributed by atoms with Crippen LogP contribution in [0.3, 0.4) is 0 Å². The van der Waals surface area contributed by atoms with Crippen molar-refractivity contribution in [2.75, 3.05) is 13.2 Å².